The quantitative estimate of drug-likeness (QED) is 0.854. The number of imidazole rings is 1. The highest BCUT2D eigenvalue weighted by Crippen LogP contribution is 2.19. The first kappa shape index (κ1) is 13.7. The molecule has 0 fully saturated rings. The monoisotopic (exact) mass is 257 g/mol. The van der Waals surface area contributed by atoms with Crippen LogP contribution in [0.4, 0.5) is 5.95 Å². The van der Waals surface area contributed by atoms with Crippen molar-refractivity contribution < 1.29 is 0 Å². The smallest absolute Gasteiger partial charge is 0.203 e. The van der Waals surface area contributed by atoms with Crippen LogP contribution in [0.2, 0.25) is 0 Å². The molecule has 0 atom stereocenters. The van der Waals surface area contributed by atoms with Crippen molar-refractivity contribution in [3.05, 3.63) is 48.3 Å². The molecule has 0 amide bonds. The average Bonchev–Trinajstić information content (AvgIpc) is 2.84. The lowest BCUT2D eigenvalue weighted by Gasteiger charge is -2.27. The second-order valence-corrected chi connectivity index (χ2v) is 5.53. The van der Waals surface area contributed by atoms with E-state index in [4.69, 9.17) is 0 Å². The van der Waals surface area contributed by atoms with Crippen molar-refractivity contribution in [2.75, 3.05) is 5.32 Å². The van der Waals surface area contributed by atoms with Gasteiger partial charge in [0, 0.05) is 24.5 Å². The topological polar surface area (TPSA) is 29.9 Å². The molecule has 0 aliphatic heterocycles. The van der Waals surface area contributed by atoms with E-state index in [0.29, 0.717) is 0 Å². The molecule has 0 saturated carbocycles. The third-order valence-corrected chi connectivity index (χ3v) is 3.39. The van der Waals surface area contributed by atoms with Crippen molar-refractivity contribution in [2.45, 2.75) is 45.7 Å². The number of aromatic nitrogens is 2. The second-order valence-electron chi connectivity index (χ2n) is 5.53. The summed E-state index contributed by atoms with van der Waals surface area (Å²) < 4.78 is 2.13. The first-order chi connectivity index (χ1) is 9.11. The van der Waals surface area contributed by atoms with E-state index in [-0.39, 0.29) is 5.54 Å². The maximum atomic E-state index is 4.38. The summed E-state index contributed by atoms with van der Waals surface area (Å²) in [5.74, 6) is 0.959. The highest BCUT2D eigenvalue weighted by Gasteiger charge is 2.19. The van der Waals surface area contributed by atoms with Gasteiger partial charge in [-0.1, -0.05) is 30.3 Å². The molecule has 0 bridgehead atoms. The Morgan fingerprint density at radius 2 is 1.95 bits per heavy atom. The van der Waals surface area contributed by atoms with Crippen LogP contribution in [0.3, 0.4) is 0 Å². The van der Waals surface area contributed by atoms with Gasteiger partial charge in [0.25, 0.3) is 0 Å². The first-order valence-corrected chi connectivity index (χ1v) is 6.94. The Bertz CT molecular complexity index is 500. The molecule has 0 radical (unpaired) electrons. The molecule has 2 aromatic rings. The van der Waals surface area contributed by atoms with Crippen LogP contribution < -0.4 is 5.32 Å². The predicted molar refractivity (Wildman–Crippen MR) is 80.4 cm³/mol. The van der Waals surface area contributed by atoms with Crippen molar-refractivity contribution in [3.8, 4) is 0 Å². The molecular weight excluding hydrogens is 234 g/mol. The fourth-order valence-corrected chi connectivity index (χ4v) is 2.16. The second kappa shape index (κ2) is 5.91. The third kappa shape index (κ3) is 3.85. The zero-order valence-corrected chi connectivity index (χ0v) is 12.1. The van der Waals surface area contributed by atoms with E-state index in [9.17, 15) is 0 Å². The van der Waals surface area contributed by atoms with Crippen molar-refractivity contribution in [1.82, 2.24) is 9.55 Å². The molecule has 1 N–H and O–H groups in total. The average molecular weight is 257 g/mol. The summed E-state index contributed by atoms with van der Waals surface area (Å²) >= 11 is 0. The molecular formula is C16H23N3. The number of aryl methyl sites for hydroxylation is 2. The molecule has 0 unspecified atom stereocenters. The molecule has 3 nitrogen and oxygen atoms in total. The SMILES string of the molecule is CCn1ccnc1NC(C)(C)CCc1ccccc1. The Labute approximate surface area is 115 Å². The van der Waals surface area contributed by atoms with E-state index in [1.165, 1.54) is 5.56 Å². The number of hydrogen-bond donors (Lipinski definition) is 1. The summed E-state index contributed by atoms with van der Waals surface area (Å²) in [7, 11) is 0. The molecule has 102 valence electrons. The summed E-state index contributed by atoms with van der Waals surface area (Å²) in [6, 6.07) is 10.6. The van der Waals surface area contributed by atoms with Gasteiger partial charge in [-0.2, -0.15) is 0 Å². The normalized spacial score (nSPS) is 11.5. The molecule has 19 heavy (non-hydrogen) atoms. The molecule has 1 heterocycles. The van der Waals surface area contributed by atoms with Crippen molar-refractivity contribution >= 4 is 5.95 Å². The van der Waals surface area contributed by atoms with Gasteiger partial charge in [-0.05, 0) is 39.2 Å². The zero-order chi connectivity index (χ0) is 13.7. The van der Waals surface area contributed by atoms with Crippen LogP contribution in [0.5, 0.6) is 0 Å². The van der Waals surface area contributed by atoms with Gasteiger partial charge in [-0.15, -0.1) is 0 Å². The Morgan fingerprint density at radius 3 is 2.63 bits per heavy atom. The Hall–Kier alpha value is -1.77. The molecule has 0 saturated heterocycles. The van der Waals surface area contributed by atoms with Crippen molar-refractivity contribution in [1.29, 1.82) is 0 Å². The number of nitrogens with one attached hydrogen (secondary N) is 1. The summed E-state index contributed by atoms with van der Waals surface area (Å²) in [5.41, 5.74) is 1.42. The van der Waals surface area contributed by atoms with E-state index in [0.717, 1.165) is 25.3 Å². The predicted octanol–water partition coefficient (Wildman–Crippen LogP) is 3.73. The van der Waals surface area contributed by atoms with Crippen LogP contribution in [-0.4, -0.2) is 15.1 Å². The molecule has 1 aromatic heterocycles. The first-order valence-electron chi connectivity index (χ1n) is 6.94. The van der Waals surface area contributed by atoms with Crippen molar-refractivity contribution in [2.24, 2.45) is 0 Å². The molecule has 2 rings (SSSR count). The summed E-state index contributed by atoms with van der Waals surface area (Å²) in [6.07, 6.45) is 6.01. The number of anilines is 1. The van der Waals surface area contributed by atoms with E-state index in [1.54, 1.807) is 0 Å². The number of hydrogen-bond acceptors (Lipinski definition) is 2. The number of nitrogens with zero attached hydrogens (tertiary/aromatic N) is 2. The third-order valence-electron chi connectivity index (χ3n) is 3.39. The van der Waals surface area contributed by atoms with Crippen molar-refractivity contribution in [3.63, 3.8) is 0 Å². The lowest BCUT2D eigenvalue weighted by atomic mass is 9.95. The minimum Gasteiger partial charge on any atom is -0.351 e. The lowest BCUT2D eigenvalue weighted by Crippen LogP contribution is -2.32. The number of benzene rings is 1. The minimum absolute atomic E-state index is 0.0358. The van der Waals surface area contributed by atoms with Crippen LogP contribution in [0, 0.1) is 0 Å². The fraction of sp³-hybridized carbons (Fsp3) is 0.438. The van der Waals surface area contributed by atoms with Crippen LogP contribution >= 0.6 is 0 Å². The minimum atomic E-state index is 0.0358. The van der Waals surface area contributed by atoms with Crippen LogP contribution in [0.1, 0.15) is 32.8 Å². The summed E-state index contributed by atoms with van der Waals surface area (Å²) in [4.78, 5) is 4.38. The van der Waals surface area contributed by atoms with Gasteiger partial charge in [-0.3, -0.25) is 0 Å². The van der Waals surface area contributed by atoms with Gasteiger partial charge in [0.2, 0.25) is 5.95 Å². The van der Waals surface area contributed by atoms with Gasteiger partial charge >= 0.3 is 0 Å². The van der Waals surface area contributed by atoms with Gasteiger partial charge in [-0.25, -0.2) is 4.98 Å². The largest absolute Gasteiger partial charge is 0.351 e. The fourth-order valence-electron chi connectivity index (χ4n) is 2.16. The maximum absolute atomic E-state index is 4.38. The lowest BCUT2D eigenvalue weighted by molar-refractivity contribution is 0.509. The van der Waals surface area contributed by atoms with E-state index in [1.807, 2.05) is 12.4 Å². The number of rotatable bonds is 6. The molecule has 0 aliphatic carbocycles. The summed E-state index contributed by atoms with van der Waals surface area (Å²) in [6.45, 7) is 7.52. The van der Waals surface area contributed by atoms with Crippen LogP contribution in [0.25, 0.3) is 0 Å². The highest BCUT2D eigenvalue weighted by atomic mass is 15.2. The van der Waals surface area contributed by atoms with Gasteiger partial charge in [0.05, 0.1) is 0 Å². The van der Waals surface area contributed by atoms with Gasteiger partial charge in [0.15, 0.2) is 0 Å². The van der Waals surface area contributed by atoms with E-state index in [2.05, 4.69) is 66.0 Å². The van der Waals surface area contributed by atoms with E-state index < -0.39 is 0 Å². The molecule has 1 aromatic carbocycles. The van der Waals surface area contributed by atoms with Crippen LogP contribution in [0.15, 0.2) is 42.7 Å². The van der Waals surface area contributed by atoms with Gasteiger partial charge in [0.1, 0.15) is 0 Å². The maximum Gasteiger partial charge on any atom is 0.203 e. The molecule has 0 spiro atoms. The summed E-state index contributed by atoms with van der Waals surface area (Å²) in [5, 5.41) is 3.54. The van der Waals surface area contributed by atoms with Crippen LogP contribution in [-0.2, 0) is 13.0 Å². The molecule has 0 aliphatic rings. The Balaban J connectivity index is 1.95. The highest BCUT2D eigenvalue weighted by molar-refractivity contribution is 5.30. The Morgan fingerprint density at radius 1 is 1.21 bits per heavy atom. The molecule has 3 heteroatoms. The van der Waals surface area contributed by atoms with E-state index >= 15 is 0 Å². The Kier molecular flexibility index (Phi) is 4.25. The standard InChI is InChI=1S/C16H23N3/c1-4-19-13-12-17-15(19)18-16(2,3)11-10-14-8-6-5-7-9-14/h5-9,12-13H,4,10-11H2,1-3H3,(H,17,18). The zero-order valence-electron chi connectivity index (χ0n) is 12.1. The van der Waals surface area contributed by atoms with Gasteiger partial charge < -0.3 is 9.88 Å².